The summed E-state index contributed by atoms with van der Waals surface area (Å²) >= 11 is 0.745. The molecule has 0 radical (unpaired) electrons. The van der Waals surface area contributed by atoms with E-state index < -0.39 is 23.8 Å². The monoisotopic (exact) mass is 567 g/mol. The number of amides is 3. The number of nitrogen functional groups attached to an aromatic ring is 1. The van der Waals surface area contributed by atoms with Crippen molar-refractivity contribution in [3.05, 3.63) is 58.6 Å². The Morgan fingerprint density at radius 2 is 1.80 bits per heavy atom. The van der Waals surface area contributed by atoms with Gasteiger partial charge in [0.25, 0.3) is 11.8 Å². The molecular formula is C28H33N5O6S. The van der Waals surface area contributed by atoms with Crippen LogP contribution in [0.5, 0.6) is 17.2 Å². The van der Waals surface area contributed by atoms with Crippen molar-refractivity contribution in [3.63, 3.8) is 0 Å². The number of hydrogen-bond donors (Lipinski definition) is 3. The number of ether oxygens (including phenoxy) is 3. The number of carbonyl (C=O) groups is 3. The van der Waals surface area contributed by atoms with Gasteiger partial charge in [-0.25, -0.2) is 0 Å². The smallest absolute Gasteiger partial charge is 0.273 e. The molecule has 0 fully saturated rings. The molecule has 3 aromatic rings. The zero-order chi connectivity index (χ0) is 28.8. The number of benzene rings is 2. The second-order valence-corrected chi connectivity index (χ2v) is 10.3. The highest BCUT2D eigenvalue weighted by Gasteiger charge is 2.36. The van der Waals surface area contributed by atoms with E-state index in [9.17, 15) is 14.4 Å². The van der Waals surface area contributed by atoms with Crippen LogP contribution >= 0.6 is 11.5 Å². The van der Waals surface area contributed by atoms with Gasteiger partial charge in [-0.2, -0.15) is 4.37 Å². The largest absolute Gasteiger partial charge is 0.494 e. The van der Waals surface area contributed by atoms with Crippen LogP contribution in [0.2, 0.25) is 0 Å². The third-order valence-electron chi connectivity index (χ3n) is 6.21. The lowest BCUT2D eigenvalue weighted by molar-refractivity contribution is -0.122. The summed E-state index contributed by atoms with van der Waals surface area (Å²) in [5.74, 6) is 0.0673. The quantitative estimate of drug-likeness (QED) is 0.317. The molecule has 1 aliphatic heterocycles. The van der Waals surface area contributed by atoms with Crippen LogP contribution in [0.25, 0.3) is 0 Å². The normalized spacial score (nSPS) is 13.0. The van der Waals surface area contributed by atoms with Gasteiger partial charge >= 0.3 is 0 Å². The average Bonchev–Trinajstić information content (AvgIpc) is 3.33. The first kappa shape index (κ1) is 28.7. The molecule has 4 rings (SSSR count). The molecule has 40 heavy (non-hydrogen) atoms. The molecule has 0 spiro atoms. The minimum absolute atomic E-state index is 0.0189. The summed E-state index contributed by atoms with van der Waals surface area (Å²) in [6, 6.07) is 10.8. The van der Waals surface area contributed by atoms with Gasteiger partial charge < -0.3 is 31.0 Å². The van der Waals surface area contributed by atoms with Gasteiger partial charge in [-0.3, -0.25) is 19.3 Å². The fraction of sp³-hybridized carbons (Fsp3) is 0.357. The number of fused-ring (bicyclic) bond motifs is 1. The number of anilines is 2. The van der Waals surface area contributed by atoms with Gasteiger partial charge in [-0.1, -0.05) is 26.0 Å². The first-order valence-electron chi connectivity index (χ1n) is 13.0. The topological polar surface area (TPSA) is 159 Å². The summed E-state index contributed by atoms with van der Waals surface area (Å²) in [6.07, 6.45) is 0.753. The van der Waals surface area contributed by atoms with Gasteiger partial charge in [0.05, 0.1) is 12.3 Å². The fourth-order valence-corrected chi connectivity index (χ4v) is 4.96. The van der Waals surface area contributed by atoms with Crippen molar-refractivity contribution in [1.82, 2.24) is 9.69 Å². The Kier molecular flexibility index (Phi) is 9.10. The van der Waals surface area contributed by atoms with Crippen LogP contribution in [0, 0.1) is 5.92 Å². The van der Waals surface area contributed by atoms with Crippen LogP contribution in [0.1, 0.15) is 59.0 Å². The molecular weight excluding hydrogens is 534 g/mol. The van der Waals surface area contributed by atoms with Crippen molar-refractivity contribution in [2.24, 2.45) is 11.7 Å². The van der Waals surface area contributed by atoms with E-state index in [1.54, 1.807) is 42.5 Å². The third-order valence-corrected chi connectivity index (χ3v) is 7.06. The van der Waals surface area contributed by atoms with Crippen LogP contribution in [0.4, 0.5) is 11.4 Å². The number of hydrogen-bond acceptors (Lipinski definition) is 9. The molecule has 12 heteroatoms. The molecule has 2 aromatic carbocycles. The fourth-order valence-electron chi connectivity index (χ4n) is 4.22. The molecule has 11 nitrogen and oxygen atoms in total. The maximum absolute atomic E-state index is 14.2. The Morgan fingerprint density at radius 1 is 1.10 bits per heavy atom. The minimum atomic E-state index is -1.11. The average molecular weight is 568 g/mol. The first-order chi connectivity index (χ1) is 19.2. The van der Waals surface area contributed by atoms with E-state index in [-0.39, 0.29) is 16.3 Å². The molecule has 1 aliphatic rings. The SMILES string of the molecule is CCOc1ccc([C@H](C(=O)NCCC(C)C)N(C(=O)c2snc(C(N)=O)c2N)c2ccc3c(c2)OCCO3)cc1. The Hall–Kier alpha value is -4.32. The van der Waals surface area contributed by atoms with Crippen molar-refractivity contribution in [2.45, 2.75) is 33.2 Å². The van der Waals surface area contributed by atoms with Crippen LogP contribution < -0.4 is 35.9 Å². The van der Waals surface area contributed by atoms with Gasteiger partial charge in [0.1, 0.15) is 29.9 Å². The molecule has 0 bridgehead atoms. The summed E-state index contributed by atoms with van der Waals surface area (Å²) in [7, 11) is 0. The zero-order valence-corrected chi connectivity index (χ0v) is 23.5. The summed E-state index contributed by atoms with van der Waals surface area (Å²) in [5, 5.41) is 2.97. The standard InChI is InChI=1S/C28H33N5O6S/c1-4-37-19-8-5-17(6-9-19)24(27(35)31-12-11-16(2)3)33(18-7-10-20-21(15-18)39-14-13-38-20)28(36)25-22(29)23(26(30)34)32-40-25/h5-10,15-16,24H,4,11-14,29H2,1-3H3,(H2,30,34)(H,31,35)/t24-/m1/s1. The van der Waals surface area contributed by atoms with Crippen molar-refractivity contribution >= 4 is 40.6 Å². The van der Waals surface area contributed by atoms with Gasteiger partial charge in [0.15, 0.2) is 17.2 Å². The molecule has 0 aliphatic carbocycles. The minimum Gasteiger partial charge on any atom is -0.494 e. The van der Waals surface area contributed by atoms with Gasteiger partial charge in [0, 0.05) is 18.3 Å². The highest BCUT2D eigenvalue weighted by Crippen LogP contribution is 2.39. The molecule has 0 unspecified atom stereocenters. The Labute approximate surface area is 236 Å². The van der Waals surface area contributed by atoms with E-state index in [1.165, 1.54) is 4.90 Å². The van der Waals surface area contributed by atoms with Crippen LogP contribution in [-0.4, -0.2) is 48.5 Å². The molecule has 1 aromatic heterocycles. The lowest BCUT2D eigenvalue weighted by Crippen LogP contribution is -2.44. The summed E-state index contributed by atoms with van der Waals surface area (Å²) in [5.41, 5.74) is 12.1. The molecule has 0 saturated heterocycles. The molecule has 3 amide bonds. The predicted octanol–water partition coefficient (Wildman–Crippen LogP) is 3.54. The molecule has 1 atom stereocenters. The van der Waals surface area contributed by atoms with E-state index in [2.05, 4.69) is 23.5 Å². The van der Waals surface area contributed by atoms with Gasteiger partial charge in [-0.05, 0) is 60.6 Å². The summed E-state index contributed by atoms with van der Waals surface area (Å²) < 4.78 is 21.0. The number of carbonyl (C=O) groups excluding carboxylic acids is 3. The van der Waals surface area contributed by atoms with Crippen molar-refractivity contribution in [3.8, 4) is 17.2 Å². The van der Waals surface area contributed by atoms with Crippen LogP contribution in [0.3, 0.4) is 0 Å². The van der Waals surface area contributed by atoms with E-state index in [4.69, 9.17) is 25.7 Å². The second-order valence-electron chi connectivity index (χ2n) is 9.52. The van der Waals surface area contributed by atoms with E-state index in [1.807, 2.05) is 6.92 Å². The lowest BCUT2D eigenvalue weighted by Gasteiger charge is -2.32. The van der Waals surface area contributed by atoms with Gasteiger partial charge in [0.2, 0.25) is 5.91 Å². The number of aromatic nitrogens is 1. The number of nitrogens with one attached hydrogen (secondary N) is 1. The molecule has 0 saturated carbocycles. The van der Waals surface area contributed by atoms with Crippen LogP contribution in [0.15, 0.2) is 42.5 Å². The number of nitrogens with two attached hydrogens (primary N) is 2. The highest BCUT2D eigenvalue weighted by molar-refractivity contribution is 7.09. The maximum atomic E-state index is 14.2. The number of nitrogens with zero attached hydrogens (tertiary/aromatic N) is 2. The lowest BCUT2D eigenvalue weighted by atomic mass is 10.0. The van der Waals surface area contributed by atoms with E-state index in [0.717, 1.165) is 18.0 Å². The predicted molar refractivity (Wildman–Crippen MR) is 152 cm³/mol. The summed E-state index contributed by atoms with van der Waals surface area (Å²) in [6.45, 7) is 7.63. The number of primary amides is 1. The zero-order valence-electron chi connectivity index (χ0n) is 22.6. The number of rotatable bonds is 11. The Morgan fingerprint density at radius 3 is 2.42 bits per heavy atom. The summed E-state index contributed by atoms with van der Waals surface area (Å²) in [4.78, 5) is 41.2. The van der Waals surface area contributed by atoms with Crippen molar-refractivity contribution in [1.29, 1.82) is 0 Å². The highest BCUT2D eigenvalue weighted by atomic mass is 32.1. The molecule has 5 N–H and O–H groups in total. The van der Waals surface area contributed by atoms with E-state index >= 15 is 0 Å². The van der Waals surface area contributed by atoms with E-state index in [0.29, 0.717) is 60.8 Å². The van der Waals surface area contributed by atoms with Crippen LogP contribution in [-0.2, 0) is 4.79 Å². The molecule has 212 valence electrons. The van der Waals surface area contributed by atoms with Crippen molar-refractivity contribution in [2.75, 3.05) is 37.0 Å². The molecule has 2 heterocycles. The first-order valence-corrected chi connectivity index (χ1v) is 13.8. The Bertz CT molecular complexity index is 1370. The van der Waals surface area contributed by atoms with Crippen molar-refractivity contribution < 1.29 is 28.6 Å². The Balaban J connectivity index is 1.85. The maximum Gasteiger partial charge on any atom is 0.273 e. The second kappa shape index (κ2) is 12.7. The van der Waals surface area contributed by atoms with Gasteiger partial charge in [-0.15, -0.1) is 0 Å². The third kappa shape index (κ3) is 6.28.